The number of rotatable bonds is 3. The van der Waals surface area contributed by atoms with Gasteiger partial charge in [-0.2, -0.15) is 13.2 Å². The summed E-state index contributed by atoms with van der Waals surface area (Å²) in [7, 11) is 0. The van der Waals surface area contributed by atoms with Gasteiger partial charge < -0.3 is 5.11 Å². The number of hydrogen-bond acceptors (Lipinski definition) is 4. The van der Waals surface area contributed by atoms with Gasteiger partial charge in [0, 0.05) is 0 Å². The maximum Gasteiger partial charge on any atom is 0.416 e. The van der Waals surface area contributed by atoms with Crippen LogP contribution in [0.4, 0.5) is 13.2 Å². The van der Waals surface area contributed by atoms with E-state index >= 15 is 0 Å². The SMILES string of the molecule is O=C1/C(=C/c2ccc(C(F)(F)F)cc2)SC(=S)N1CCO. The Morgan fingerprint density at radius 1 is 1.29 bits per heavy atom. The summed E-state index contributed by atoms with van der Waals surface area (Å²) in [5.41, 5.74) is -0.264. The third-order valence-corrected chi connectivity index (χ3v) is 4.11. The van der Waals surface area contributed by atoms with E-state index in [2.05, 4.69) is 0 Å². The van der Waals surface area contributed by atoms with Crippen LogP contribution in [0.2, 0.25) is 0 Å². The second-order valence-corrected chi connectivity index (χ2v) is 5.85. The maximum absolute atomic E-state index is 12.5. The van der Waals surface area contributed by atoms with E-state index in [0.717, 1.165) is 23.9 Å². The molecule has 3 nitrogen and oxygen atoms in total. The van der Waals surface area contributed by atoms with E-state index in [-0.39, 0.29) is 19.1 Å². The van der Waals surface area contributed by atoms with Crippen molar-refractivity contribution in [3.8, 4) is 0 Å². The molecule has 0 unspecified atom stereocenters. The van der Waals surface area contributed by atoms with Gasteiger partial charge in [0.25, 0.3) is 5.91 Å². The Bertz CT molecular complexity index is 596. The van der Waals surface area contributed by atoms with E-state index in [0.29, 0.717) is 14.8 Å². The number of alkyl halides is 3. The number of aliphatic hydroxyl groups excluding tert-OH is 1. The molecule has 0 bridgehead atoms. The van der Waals surface area contributed by atoms with Crippen molar-refractivity contribution >= 4 is 40.3 Å². The summed E-state index contributed by atoms with van der Waals surface area (Å²) in [6.07, 6.45) is -2.90. The fourth-order valence-corrected chi connectivity index (χ4v) is 3.02. The maximum atomic E-state index is 12.5. The average molecular weight is 333 g/mol. The second kappa shape index (κ2) is 6.17. The predicted octanol–water partition coefficient (Wildman–Crippen LogP) is 2.90. The van der Waals surface area contributed by atoms with Crippen LogP contribution in [-0.2, 0) is 11.0 Å². The number of halogens is 3. The van der Waals surface area contributed by atoms with Crippen LogP contribution in [0, 0.1) is 0 Å². The molecule has 0 spiro atoms. The minimum atomic E-state index is -4.39. The zero-order chi connectivity index (χ0) is 15.6. The zero-order valence-corrected chi connectivity index (χ0v) is 12.2. The number of amides is 1. The van der Waals surface area contributed by atoms with Crippen LogP contribution in [-0.4, -0.2) is 33.4 Å². The molecule has 21 heavy (non-hydrogen) atoms. The normalized spacial score (nSPS) is 17.9. The van der Waals surface area contributed by atoms with E-state index in [9.17, 15) is 18.0 Å². The number of β-amino-alcohol motifs (C(OH)–C–C–N with tert-alkyl or cyclic N) is 1. The number of aliphatic hydroxyl groups is 1. The van der Waals surface area contributed by atoms with Gasteiger partial charge in [0.2, 0.25) is 0 Å². The van der Waals surface area contributed by atoms with Gasteiger partial charge in [-0.05, 0) is 23.8 Å². The minimum Gasteiger partial charge on any atom is -0.395 e. The standard InChI is InChI=1S/C13H10F3NO2S2/c14-13(15,16)9-3-1-8(2-4-9)7-10-11(19)17(5-6-18)12(20)21-10/h1-4,7,18H,5-6H2/b10-7-. The summed E-state index contributed by atoms with van der Waals surface area (Å²) >= 11 is 6.08. The Hall–Kier alpha value is -1.38. The molecule has 0 aromatic heterocycles. The molecule has 1 aromatic carbocycles. The van der Waals surface area contributed by atoms with Crippen molar-refractivity contribution in [2.24, 2.45) is 0 Å². The van der Waals surface area contributed by atoms with Crippen molar-refractivity contribution in [2.75, 3.05) is 13.2 Å². The number of hydrogen-bond donors (Lipinski definition) is 1. The minimum absolute atomic E-state index is 0.106. The van der Waals surface area contributed by atoms with Gasteiger partial charge in [0.05, 0.1) is 23.6 Å². The Labute approximate surface area is 128 Å². The molecular weight excluding hydrogens is 323 g/mol. The fourth-order valence-electron chi connectivity index (χ4n) is 1.71. The molecule has 1 aliphatic heterocycles. The van der Waals surface area contributed by atoms with Gasteiger partial charge in [-0.1, -0.05) is 36.1 Å². The van der Waals surface area contributed by atoms with Crippen molar-refractivity contribution < 1.29 is 23.1 Å². The van der Waals surface area contributed by atoms with Crippen LogP contribution >= 0.6 is 24.0 Å². The molecule has 0 radical (unpaired) electrons. The topological polar surface area (TPSA) is 40.5 Å². The molecule has 1 heterocycles. The summed E-state index contributed by atoms with van der Waals surface area (Å²) in [5, 5.41) is 8.86. The number of benzene rings is 1. The summed E-state index contributed by atoms with van der Waals surface area (Å²) in [6.45, 7) is -0.102. The Kier molecular flexibility index (Phi) is 4.70. The first-order chi connectivity index (χ1) is 9.82. The molecule has 1 amide bonds. The molecule has 2 rings (SSSR count). The number of nitrogens with zero attached hydrogens (tertiary/aromatic N) is 1. The highest BCUT2D eigenvalue weighted by Gasteiger charge is 2.32. The lowest BCUT2D eigenvalue weighted by molar-refractivity contribution is -0.137. The monoisotopic (exact) mass is 333 g/mol. The lowest BCUT2D eigenvalue weighted by atomic mass is 10.1. The lowest BCUT2D eigenvalue weighted by Crippen LogP contribution is -2.30. The van der Waals surface area contributed by atoms with Gasteiger partial charge >= 0.3 is 6.18 Å². The highest BCUT2D eigenvalue weighted by atomic mass is 32.2. The molecule has 1 N–H and O–H groups in total. The highest BCUT2D eigenvalue weighted by Crippen LogP contribution is 2.33. The third kappa shape index (κ3) is 3.63. The van der Waals surface area contributed by atoms with Crippen LogP contribution < -0.4 is 0 Å². The summed E-state index contributed by atoms with van der Waals surface area (Å²) < 4.78 is 37.7. The first kappa shape index (κ1) is 16.0. The first-order valence-corrected chi connectivity index (χ1v) is 7.09. The van der Waals surface area contributed by atoms with Crippen LogP contribution in [0.5, 0.6) is 0 Å². The highest BCUT2D eigenvalue weighted by molar-refractivity contribution is 8.26. The van der Waals surface area contributed by atoms with Crippen molar-refractivity contribution in [3.63, 3.8) is 0 Å². The van der Waals surface area contributed by atoms with E-state index in [1.165, 1.54) is 23.1 Å². The smallest absolute Gasteiger partial charge is 0.395 e. The molecular formula is C13H10F3NO2S2. The quantitative estimate of drug-likeness (QED) is 0.682. The molecule has 112 valence electrons. The van der Waals surface area contributed by atoms with E-state index in [1.807, 2.05) is 0 Å². The Morgan fingerprint density at radius 2 is 1.90 bits per heavy atom. The predicted molar refractivity (Wildman–Crippen MR) is 78.4 cm³/mol. The molecule has 0 aliphatic carbocycles. The van der Waals surface area contributed by atoms with Crippen molar-refractivity contribution in [1.29, 1.82) is 0 Å². The molecule has 0 atom stereocenters. The number of carbonyl (C=O) groups excluding carboxylic acids is 1. The van der Waals surface area contributed by atoms with E-state index in [4.69, 9.17) is 17.3 Å². The number of carbonyl (C=O) groups is 1. The van der Waals surface area contributed by atoms with Crippen LogP contribution in [0.3, 0.4) is 0 Å². The molecule has 8 heteroatoms. The van der Waals surface area contributed by atoms with Gasteiger partial charge in [-0.25, -0.2) is 0 Å². The summed E-state index contributed by atoms with van der Waals surface area (Å²) in [4.78, 5) is 13.6. The van der Waals surface area contributed by atoms with Crippen LogP contribution in [0.15, 0.2) is 29.2 Å². The van der Waals surface area contributed by atoms with Crippen LogP contribution in [0.1, 0.15) is 11.1 Å². The Morgan fingerprint density at radius 3 is 2.43 bits per heavy atom. The molecule has 1 aromatic rings. The molecule has 1 saturated heterocycles. The molecule has 1 fully saturated rings. The van der Waals surface area contributed by atoms with Gasteiger partial charge in [0.1, 0.15) is 4.32 Å². The lowest BCUT2D eigenvalue weighted by Gasteiger charge is -2.11. The summed E-state index contributed by atoms with van der Waals surface area (Å²) in [6, 6.07) is 4.50. The first-order valence-electron chi connectivity index (χ1n) is 5.86. The second-order valence-electron chi connectivity index (χ2n) is 4.18. The van der Waals surface area contributed by atoms with E-state index < -0.39 is 11.7 Å². The number of thioether (sulfide) groups is 1. The molecule has 1 aliphatic rings. The van der Waals surface area contributed by atoms with Crippen molar-refractivity contribution in [1.82, 2.24) is 4.90 Å². The zero-order valence-electron chi connectivity index (χ0n) is 10.6. The average Bonchev–Trinajstić information content (AvgIpc) is 2.66. The van der Waals surface area contributed by atoms with Crippen molar-refractivity contribution in [2.45, 2.75) is 6.18 Å². The fraction of sp³-hybridized carbons (Fsp3) is 0.231. The third-order valence-electron chi connectivity index (χ3n) is 2.73. The largest absolute Gasteiger partial charge is 0.416 e. The van der Waals surface area contributed by atoms with Gasteiger partial charge in [0.15, 0.2) is 0 Å². The van der Waals surface area contributed by atoms with Crippen molar-refractivity contribution in [3.05, 3.63) is 40.3 Å². The van der Waals surface area contributed by atoms with E-state index in [1.54, 1.807) is 0 Å². The summed E-state index contributed by atoms with van der Waals surface area (Å²) in [5.74, 6) is -0.348. The van der Waals surface area contributed by atoms with Crippen LogP contribution in [0.25, 0.3) is 6.08 Å². The van der Waals surface area contributed by atoms with Gasteiger partial charge in [-0.3, -0.25) is 9.69 Å². The Balaban J connectivity index is 2.21. The number of thiocarbonyl (C=S) groups is 1. The van der Waals surface area contributed by atoms with Gasteiger partial charge in [-0.15, -0.1) is 0 Å². The molecule has 0 saturated carbocycles.